The van der Waals surface area contributed by atoms with E-state index in [9.17, 15) is 4.79 Å². The monoisotopic (exact) mass is 203 g/mol. The van der Waals surface area contributed by atoms with Gasteiger partial charge in [0.05, 0.1) is 11.8 Å². The Morgan fingerprint density at radius 2 is 2.33 bits per heavy atom. The second kappa shape index (κ2) is 3.96. The van der Waals surface area contributed by atoms with Gasteiger partial charge in [-0.1, -0.05) is 0 Å². The number of nitrogens with one attached hydrogen (secondary N) is 2. The fraction of sp³-hybridized carbons (Fsp3) is 0.0909. The van der Waals surface area contributed by atoms with Crippen molar-refractivity contribution in [3.05, 3.63) is 48.2 Å². The van der Waals surface area contributed by atoms with E-state index in [-0.39, 0.29) is 5.91 Å². The molecule has 2 aromatic rings. The Hall–Kier alpha value is -2.10. The van der Waals surface area contributed by atoms with E-state index in [1.165, 1.54) is 6.26 Å². The lowest BCUT2D eigenvalue weighted by atomic mass is 10.2. The predicted molar refractivity (Wildman–Crippen MR) is 54.4 cm³/mol. The van der Waals surface area contributed by atoms with Gasteiger partial charge in [0.2, 0.25) is 0 Å². The van der Waals surface area contributed by atoms with Gasteiger partial charge in [-0.3, -0.25) is 4.79 Å². The first-order valence-electron chi connectivity index (χ1n) is 4.59. The van der Waals surface area contributed by atoms with Crippen LogP contribution in [0.3, 0.4) is 0 Å². The fourth-order valence-electron chi connectivity index (χ4n) is 1.29. The lowest BCUT2D eigenvalue weighted by molar-refractivity contribution is -0.377. The van der Waals surface area contributed by atoms with Crippen LogP contribution in [0.1, 0.15) is 16.1 Å². The molecule has 0 unspecified atom stereocenters. The van der Waals surface area contributed by atoms with E-state index >= 15 is 0 Å². The maximum atomic E-state index is 11.7. The van der Waals surface area contributed by atoms with Crippen molar-refractivity contribution in [3.63, 3.8) is 0 Å². The Kier molecular flexibility index (Phi) is 2.49. The van der Waals surface area contributed by atoms with Gasteiger partial charge in [0.25, 0.3) is 5.91 Å². The number of carbonyl (C=O) groups is 1. The molecule has 0 saturated carbocycles. The van der Waals surface area contributed by atoms with Crippen LogP contribution in [-0.4, -0.2) is 5.91 Å². The van der Waals surface area contributed by atoms with Gasteiger partial charge in [-0.2, -0.15) is 0 Å². The molecule has 0 saturated heterocycles. The van der Waals surface area contributed by atoms with Crippen LogP contribution in [0.2, 0.25) is 0 Å². The van der Waals surface area contributed by atoms with Gasteiger partial charge in [-0.25, -0.2) is 4.98 Å². The zero-order valence-corrected chi connectivity index (χ0v) is 8.28. The number of H-pyrrole nitrogens is 1. The molecular weight excluding hydrogens is 192 g/mol. The van der Waals surface area contributed by atoms with E-state index in [1.54, 1.807) is 25.4 Å². The SMILES string of the molecule is Cc1occc1C(=O)Nc1ccc[nH+]c1. The number of aryl methyl sites for hydroxylation is 1. The number of hydrogen-bond donors (Lipinski definition) is 1. The largest absolute Gasteiger partial charge is 0.469 e. The number of aromatic nitrogens is 1. The topological polar surface area (TPSA) is 56.4 Å². The van der Waals surface area contributed by atoms with Crippen molar-refractivity contribution in [1.82, 2.24) is 0 Å². The van der Waals surface area contributed by atoms with E-state index in [0.29, 0.717) is 11.3 Å². The molecule has 0 aliphatic carbocycles. The highest BCUT2D eigenvalue weighted by molar-refractivity contribution is 6.04. The van der Waals surface area contributed by atoms with E-state index in [0.717, 1.165) is 5.69 Å². The van der Waals surface area contributed by atoms with Gasteiger partial charge in [0, 0.05) is 6.07 Å². The molecule has 0 atom stereocenters. The highest BCUT2D eigenvalue weighted by Crippen LogP contribution is 2.11. The molecule has 0 aliphatic heterocycles. The molecule has 15 heavy (non-hydrogen) atoms. The standard InChI is InChI=1S/C11H10N2O2/c1-8-10(4-6-15-8)11(14)13-9-3-2-5-12-7-9/h2-7H,1H3,(H,13,14)/p+1. The van der Waals surface area contributed by atoms with Gasteiger partial charge in [0.1, 0.15) is 11.4 Å². The first-order valence-corrected chi connectivity index (χ1v) is 4.59. The molecule has 76 valence electrons. The first-order chi connectivity index (χ1) is 7.27. The number of pyridine rings is 1. The summed E-state index contributed by atoms with van der Waals surface area (Å²) in [5, 5.41) is 2.75. The van der Waals surface area contributed by atoms with E-state index in [1.807, 2.05) is 12.1 Å². The molecular formula is C11H11N2O2+. The number of amides is 1. The van der Waals surface area contributed by atoms with Gasteiger partial charge in [-0.05, 0) is 19.1 Å². The fourth-order valence-corrected chi connectivity index (χ4v) is 1.29. The molecule has 0 aromatic carbocycles. The molecule has 0 bridgehead atoms. The summed E-state index contributed by atoms with van der Waals surface area (Å²) in [6.07, 6.45) is 4.99. The Morgan fingerprint density at radius 3 is 2.93 bits per heavy atom. The van der Waals surface area contributed by atoms with Crippen LogP contribution in [0.15, 0.2) is 41.3 Å². The van der Waals surface area contributed by atoms with Crippen LogP contribution in [0.25, 0.3) is 0 Å². The molecule has 2 heterocycles. The summed E-state index contributed by atoms with van der Waals surface area (Å²) in [4.78, 5) is 14.6. The van der Waals surface area contributed by atoms with Crippen molar-refractivity contribution in [3.8, 4) is 0 Å². The van der Waals surface area contributed by atoms with Crippen molar-refractivity contribution in [1.29, 1.82) is 0 Å². The normalized spacial score (nSPS) is 9.93. The molecule has 1 amide bonds. The minimum atomic E-state index is -0.166. The van der Waals surface area contributed by atoms with Crippen molar-refractivity contribution in [2.45, 2.75) is 6.92 Å². The van der Waals surface area contributed by atoms with Crippen molar-refractivity contribution in [2.24, 2.45) is 0 Å². The zero-order valence-electron chi connectivity index (χ0n) is 8.28. The molecule has 2 aromatic heterocycles. The van der Waals surface area contributed by atoms with E-state index in [4.69, 9.17) is 4.42 Å². The summed E-state index contributed by atoms with van der Waals surface area (Å²) in [7, 11) is 0. The number of hydrogen-bond acceptors (Lipinski definition) is 2. The van der Waals surface area contributed by atoms with Crippen molar-refractivity contribution in [2.75, 3.05) is 5.32 Å². The smallest absolute Gasteiger partial charge is 0.259 e. The predicted octanol–water partition coefficient (Wildman–Crippen LogP) is 1.65. The molecule has 0 radical (unpaired) electrons. The number of furan rings is 1. The van der Waals surface area contributed by atoms with Crippen molar-refractivity contribution < 1.29 is 14.2 Å². The highest BCUT2D eigenvalue weighted by Gasteiger charge is 2.11. The minimum absolute atomic E-state index is 0.166. The lowest BCUT2D eigenvalue weighted by Gasteiger charge is -2.00. The molecule has 0 aliphatic rings. The zero-order chi connectivity index (χ0) is 10.7. The van der Waals surface area contributed by atoms with Crippen LogP contribution in [0, 0.1) is 6.92 Å². The Morgan fingerprint density at radius 1 is 1.47 bits per heavy atom. The molecule has 4 nitrogen and oxygen atoms in total. The number of rotatable bonds is 2. The third-order valence-electron chi connectivity index (χ3n) is 2.07. The second-order valence-electron chi connectivity index (χ2n) is 3.14. The van der Waals surface area contributed by atoms with E-state index in [2.05, 4.69) is 10.3 Å². The second-order valence-corrected chi connectivity index (χ2v) is 3.14. The summed E-state index contributed by atoms with van der Waals surface area (Å²) in [5.41, 5.74) is 1.28. The van der Waals surface area contributed by atoms with Crippen LogP contribution in [0.5, 0.6) is 0 Å². The molecule has 0 spiro atoms. The number of anilines is 1. The molecule has 2 N–H and O–H groups in total. The van der Waals surface area contributed by atoms with Gasteiger partial charge in [0.15, 0.2) is 12.4 Å². The lowest BCUT2D eigenvalue weighted by Crippen LogP contribution is -2.13. The number of aromatic amines is 1. The van der Waals surface area contributed by atoms with Gasteiger partial charge >= 0.3 is 0 Å². The Bertz CT molecular complexity index is 462. The van der Waals surface area contributed by atoms with Crippen LogP contribution in [-0.2, 0) is 0 Å². The van der Waals surface area contributed by atoms with E-state index < -0.39 is 0 Å². The van der Waals surface area contributed by atoms with Gasteiger partial charge < -0.3 is 9.73 Å². The number of carbonyl (C=O) groups excluding carboxylic acids is 1. The summed E-state index contributed by atoms with van der Waals surface area (Å²) in [5.74, 6) is 0.452. The average molecular weight is 203 g/mol. The highest BCUT2D eigenvalue weighted by atomic mass is 16.3. The summed E-state index contributed by atoms with van der Waals surface area (Å²) < 4.78 is 5.05. The van der Waals surface area contributed by atoms with Crippen LogP contribution in [0.4, 0.5) is 5.69 Å². The summed E-state index contributed by atoms with van der Waals surface area (Å²) >= 11 is 0. The van der Waals surface area contributed by atoms with Crippen LogP contribution >= 0.6 is 0 Å². The maximum Gasteiger partial charge on any atom is 0.259 e. The van der Waals surface area contributed by atoms with Crippen LogP contribution < -0.4 is 10.3 Å². The summed E-state index contributed by atoms with van der Waals surface area (Å²) in [6.45, 7) is 1.76. The summed E-state index contributed by atoms with van der Waals surface area (Å²) in [6, 6.07) is 5.28. The molecule has 2 rings (SSSR count). The van der Waals surface area contributed by atoms with Crippen molar-refractivity contribution >= 4 is 11.6 Å². The Labute approximate surface area is 86.9 Å². The minimum Gasteiger partial charge on any atom is -0.469 e. The average Bonchev–Trinajstić information content (AvgIpc) is 2.66. The third kappa shape index (κ3) is 2.04. The maximum absolute atomic E-state index is 11.7. The molecule has 4 heteroatoms. The quantitative estimate of drug-likeness (QED) is 0.806. The Balaban J connectivity index is 2.15. The molecule has 0 fully saturated rings. The van der Waals surface area contributed by atoms with Gasteiger partial charge in [-0.15, -0.1) is 0 Å². The third-order valence-corrected chi connectivity index (χ3v) is 2.07. The first kappa shape index (κ1) is 9.45.